The highest BCUT2D eigenvalue weighted by atomic mass is 16.5. The van der Waals surface area contributed by atoms with E-state index in [4.69, 9.17) is 9.47 Å². The summed E-state index contributed by atoms with van der Waals surface area (Å²) in [6, 6.07) is 6.79. The Hall–Kier alpha value is -1.28. The smallest absolute Gasteiger partial charge is 0.119 e. The van der Waals surface area contributed by atoms with Gasteiger partial charge in [0.1, 0.15) is 5.75 Å². The predicted molar refractivity (Wildman–Crippen MR) is 95.4 cm³/mol. The Morgan fingerprint density at radius 2 is 2.08 bits per heavy atom. The number of hydrogen-bond acceptors (Lipinski definition) is 2. The van der Waals surface area contributed by atoms with Gasteiger partial charge in [0.15, 0.2) is 0 Å². The van der Waals surface area contributed by atoms with Crippen molar-refractivity contribution in [2.24, 2.45) is 17.3 Å². The van der Waals surface area contributed by atoms with Gasteiger partial charge in [-0.3, -0.25) is 0 Å². The van der Waals surface area contributed by atoms with Crippen molar-refractivity contribution in [3.05, 3.63) is 41.5 Å². The highest BCUT2D eigenvalue weighted by molar-refractivity contribution is 5.41. The molecule has 0 N–H and O–H groups in total. The van der Waals surface area contributed by atoms with Crippen LogP contribution in [0.1, 0.15) is 56.1 Å². The van der Waals surface area contributed by atoms with Gasteiger partial charge in [-0.05, 0) is 79.5 Å². The standard InChI is InChI=1S/C22H28O2/c1-21-11-8-18-17-7-5-16(23-2)14-15(17)4-6-19(18)20(21)9-12-22(21)10-3-13-24-22/h3,5,7,10,14,18-20H,4,6,8-9,11-13H2,1-2H3/t18-,19-,20+,21+,22?/m1/s1. The minimum atomic E-state index is 0.0445. The molecule has 4 aliphatic rings. The van der Waals surface area contributed by atoms with Crippen LogP contribution in [-0.4, -0.2) is 19.3 Å². The monoisotopic (exact) mass is 324 g/mol. The minimum Gasteiger partial charge on any atom is -0.497 e. The third-order valence-corrected chi connectivity index (χ3v) is 7.94. The quantitative estimate of drug-likeness (QED) is 0.686. The average molecular weight is 324 g/mol. The molecule has 0 bridgehead atoms. The van der Waals surface area contributed by atoms with E-state index < -0.39 is 0 Å². The van der Waals surface area contributed by atoms with Crippen LogP contribution in [0.2, 0.25) is 0 Å². The first kappa shape index (κ1) is 15.0. The summed E-state index contributed by atoms with van der Waals surface area (Å²) in [6.07, 6.45) is 12.4. The van der Waals surface area contributed by atoms with Crippen molar-refractivity contribution in [3.63, 3.8) is 0 Å². The number of fused-ring (bicyclic) bond motifs is 6. The zero-order chi connectivity index (χ0) is 16.4. The molecule has 5 rings (SSSR count). The fourth-order valence-electron chi connectivity index (χ4n) is 6.71. The van der Waals surface area contributed by atoms with Crippen LogP contribution in [0, 0.1) is 17.3 Å². The molecule has 1 aliphatic heterocycles. The second-order valence-corrected chi connectivity index (χ2v) is 8.58. The van der Waals surface area contributed by atoms with E-state index in [0.717, 1.165) is 30.1 Å². The number of ether oxygens (including phenoxy) is 2. The number of methoxy groups -OCH3 is 1. The number of hydrogen-bond donors (Lipinski definition) is 0. The lowest BCUT2D eigenvalue weighted by molar-refractivity contribution is -0.0958. The van der Waals surface area contributed by atoms with Gasteiger partial charge in [0, 0.05) is 5.41 Å². The summed E-state index contributed by atoms with van der Waals surface area (Å²) in [6.45, 7) is 3.35. The lowest BCUT2D eigenvalue weighted by Crippen LogP contribution is -2.50. The van der Waals surface area contributed by atoms with Crippen LogP contribution in [0.25, 0.3) is 0 Å². The maximum absolute atomic E-state index is 6.33. The molecule has 2 nitrogen and oxygen atoms in total. The second kappa shape index (κ2) is 5.11. The molecule has 0 radical (unpaired) electrons. The van der Waals surface area contributed by atoms with Crippen LogP contribution in [0.15, 0.2) is 30.4 Å². The van der Waals surface area contributed by atoms with Crippen LogP contribution >= 0.6 is 0 Å². The molecule has 0 saturated heterocycles. The normalized spacial score (nSPS) is 42.7. The van der Waals surface area contributed by atoms with Gasteiger partial charge in [-0.15, -0.1) is 0 Å². The van der Waals surface area contributed by atoms with Gasteiger partial charge in [-0.1, -0.05) is 25.1 Å². The molecule has 1 heterocycles. The van der Waals surface area contributed by atoms with E-state index in [1.165, 1.54) is 44.1 Å². The molecule has 0 aromatic heterocycles. The summed E-state index contributed by atoms with van der Waals surface area (Å²) in [5, 5.41) is 0. The molecule has 3 aliphatic carbocycles. The molecule has 2 saturated carbocycles. The molecule has 0 amide bonds. The molecule has 2 heteroatoms. The molecule has 5 atom stereocenters. The largest absolute Gasteiger partial charge is 0.497 e. The lowest BCUT2D eigenvalue weighted by atomic mass is 9.53. The first-order valence-electron chi connectivity index (χ1n) is 9.65. The maximum Gasteiger partial charge on any atom is 0.119 e. The first-order chi connectivity index (χ1) is 11.7. The van der Waals surface area contributed by atoms with Gasteiger partial charge in [-0.2, -0.15) is 0 Å². The van der Waals surface area contributed by atoms with Crippen LogP contribution < -0.4 is 4.74 Å². The Morgan fingerprint density at radius 3 is 2.88 bits per heavy atom. The fourth-order valence-corrected chi connectivity index (χ4v) is 6.71. The summed E-state index contributed by atoms with van der Waals surface area (Å²) in [7, 11) is 1.77. The third-order valence-electron chi connectivity index (χ3n) is 7.94. The van der Waals surface area contributed by atoms with Crippen molar-refractivity contribution in [2.75, 3.05) is 13.7 Å². The molecular weight excluding hydrogens is 296 g/mol. The number of benzene rings is 1. The van der Waals surface area contributed by atoms with Crippen molar-refractivity contribution in [1.29, 1.82) is 0 Å². The lowest BCUT2D eigenvalue weighted by Gasteiger charge is -2.53. The van der Waals surface area contributed by atoms with E-state index in [1.54, 1.807) is 12.7 Å². The Labute approximate surface area is 145 Å². The van der Waals surface area contributed by atoms with Crippen molar-refractivity contribution in [1.82, 2.24) is 0 Å². The molecule has 128 valence electrons. The molecule has 1 aromatic carbocycles. The molecule has 2 fully saturated rings. The fraction of sp³-hybridized carbons (Fsp3) is 0.636. The van der Waals surface area contributed by atoms with Crippen molar-refractivity contribution < 1.29 is 9.47 Å². The average Bonchev–Trinajstić information content (AvgIpc) is 3.21. The molecule has 1 unspecified atom stereocenters. The van der Waals surface area contributed by atoms with Crippen LogP contribution in [0.5, 0.6) is 5.75 Å². The van der Waals surface area contributed by atoms with E-state index >= 15 is 0 Å². The van der Waals surface area contributed by atoms with E-state index in [-0.39, 0.29) is 5.60 Å². The van der Waals surface area contributed by atoms with E-state index in [1.807, 2.05) is 0 Å². The Balaban J connectivity index is 1.50. The van der Waals surface area contributed by atoms with Crippen LogP contribution in [-0.2, 0) is 11.2 Å². The van der Waals surface area contributed by atoms with Gasteiger partial charge < -0.3 is 9.47 Å². The molecular formula is C22H28O2. The molecule has 1 aromatic rings. The predicted octanol–water partition coefficient (Wildman–Crippen LogP) is 4.88. The highest BCUT2D eigenvalue weighted by Crippen LogP contribution is 2.66. The summed E-state index contributed by atoms with van der Waals surface area (Å²) in [4.78, 5) is 0. The maximum atomic E-state index is 6.33. The Morgan fingerprint density at radius 1 is 1.17 bits per heavy atom. The topological polar surface area (TPSA) is 18.5 Å². The van der Waals surface area contributed by atoms with Crippen LogP contribution in [0.3, 0.4) is 0 Å². The molecule has 24 heavy (non-hydrogen) atoms. The van der Waals surface area contributed by atoms with Gasteiger partial charge >= 0.3 is 0 Å². The van der Waals surface area contributed by atoms with Crippen molar-refractivity contribution >= 4 is 0 Å². The summed E-state index contributed by atoms with van der Waals surface area (Å²) in [5.74, 6) is 3.41. The van der Waals surface area contributed by atoms with E-state index in [9.17, 15) is 0 Å². The zero-order valence-electron chi connectivity index (χ0n) is 14.9. The second-order valence-electron chi connectivity index (χ2n) is 8.58. The third kappa shape index (κ3) is 1.81. The number of rotatable bonds is 1. The van der Waals surface area contributed by atoms with Gasteiger partial charge in [0.2, 0.25) is 0 Å². The van der Waals surface area contributed by atoms with E-state index in [0.29, 0.717) is 5.41 Å². The highest BCUT2D eigenvalue weighted by Gasteiger charge is 2.62. The van der Waals surface area contributed by atoms with Crippen molar-refractivity contribution in [2.45, 2.75) is 57.0 Å². The van der Waals surface area contributed by atoms with Gasteiger partial charge in [0.25, 0.3) is 0 Å². The number of aryl methyl sites for hydroxylation is 1. The summed E-state index contributed by atoms with van der Waals surface area (Å²) >= 11 is 0. The minimum absolute atomic E-state index is 0.0445. The SMILES string of the molecule is COc1ccc2c(c1)CC[C@@H]1[C@@H]2CC[C@@]2(C)[C@H]1CCC21C=CCO1. The Bertz CT molecular complexity index is 693. The Kier molecular flexibility index (Phi) is 3.20. The zero-order valence-corrected chi connectivity index (χ0v) is 14.9. The summed E-state index contributed by atoms with van der Waals surface area (Å²) < 4.78 is 11.8. The van der Waals surface area contributed by atoms with Gasteiger partial charge in [-0.25, -0.2) is 0 Å². The van der Waals surface area contributed by atoms with Crippen molar-refractivity contribution in [3.8, 4) is 5.75 Å². The first-order valence-corrected chi connectivity index (χ1v) is 9.65. The van der Waals surface area contributed by atoms with Crippen LogP contribution in [0.4, 0.5) is 0 Å². The van der Waals surface area contributed by atoms with E-state index in [2.05, 4.69) is 37.3 Å². The molecule has 1 spiro atoms. The van der Waals surface area contributed by atoms with Gasteiger partial charge in [0.05, 0.1) is 19.3 Å². The summed E-state index contributed by atoms with van der Waals surface area (Å²) in [5.41, 5.74) is 3.52.